The maximum Gasteiger partial charge on any atom is 0.227 e. The van der Waals surface area contributed by atoms with E-state index < -0.39 is 0 Å². The second kappa shape index (κ2) is 4.47. The van der Waals surface area contributed by atoms with Crippen molar-refractivity contribution in [3.8, 4) is 0 Å². The highest BCUT2D eigenvalue weighted by atomic mass is 16.2. The van der Waals surface area contributed by atoms with Crippen LogP contribution < -0.4 is 0 Å². The van der Waals surface area contributed by atoms with Gasteiger partial charge < -0.3 is 4.90 Å². The Labute approximate surface area is 102 Å². The molecule has 0 N–H and O–H groups in total. The van der Waals surface area contributed by atoms with Gasteiger partial charge in [-0.05, 0) is 12.8 Å². The number of likely N-dealkylation sites (tertiary alicyclic amines) is 1. The summed E-state index contributed by atoms with van der Waals surface area (Å²) in [7, 11) is 0. The molecular weight excluding hydrogens is 216 g/mol. The molecule has 1 aliphatic rings. The number of aromatic nitrogens is 3. The van der Waals surface area contributed by atoms with Crippen molar-refractivity contribution in [2.75, 3.05) is 13.1 Å². The summed E-state index contributed by atoms with van der Waals surface area (Å²) in [5, 5.41) is 7.84. The Morgan fingerprint density at radius 2 is 1.94 bits per heavy atom. The molecular formula is C12H20N4O. The first-order valence-corrected chi connectivity index (χ1v) is 6.13. The van der Waals surface area contributed by atoms with Crippen LogP contribution in [0.3, 0.4) is 0 Å². The molecule has 1 fully saturated rings. The predicted octanol–water partition coefficient (Wildman–Crippen LogP) is 1.49. The summed E-state index contributed by atoms with van der Waals surface area (Å²) in [5.41, 5.74) is -0.278. The van der Waals surface area contributed by atoms with Gasteiger partial charge in [-0.1, -0.05) is 26.0 Å². The molecule has 0 atom stereocenters. The maximum absolute atomic E-state index is 12.1. The molecule has 1 amide bonds. The quantitative estimate of drug-likeness (QED) is 0.742. The lowest BCUT2D eigenvalue weighted by molar-refractivity contribution is -0.140. The molecule has 2 heterocycles. The van der Waals surface area contributed by atoms with Gasteiger partial charge in [0.15, 0.2) is 0 Å². The second-order valence-electron chi connectivity index (χ2n) is 5.66. The Morgan fingerprint density at radius 3 is 2.41 bits per heavy atom. The summed E-state index contributed by atoms with van der Waals surface area (Å²) >= 11 is 0. The van der Waals surface area contributed by atoms with Gasteiger partial charge in [0.1, 0.15) is 0 Å². The van der Waals surface area contributed by atoms with Gasteiger partial charge in [-0.3, -0.25) is 4.79 Å². The molecule has 0 aromatic carbocycles. The molecule has 0 radical (unpaired) electrons. The smallest absolute Gasteiger partial charge is 0.227 e. The third-order valence-electron chi connectivity index (χ3n) is 3.21. The summed E-state index contributed by atoms with van der Waals surface area (Å²) in [4.78, 5) is 14.1. The van der Waals surface area contributed by atoms with Gasteiger partial charge in [0, 0.05) is 24.7 Å². The third kappa shape index (κ3) is 2.65. The average Bonchev–Trinajstić information content (AvgIpc) is 2.80. The first kappa shape index (κ1) is 12.1. The van der Waals surface area contributed by atoms with Crippen molar-refractivity contribution in [1.29, 1.82) is 0 Å². The molecule has 1 aromatic heterocycles. The van der Waals surface area contributed by atoms with Gasteiger partial charge in [-0.2, -0.15) is 0 Å². The van der Waals surface area contributed by atoms with Crippen molar-refractivity contribution >= 4 is 5.91 Å². The van der Waals surface area contributed by atoms with Gasteiger partial charge in [-0.15, -0.1) is 5.10 Å². The standard InChI is InChI=1S/C12H20N4O/c1-12(2,3)11(17)15-7-4-10(5-8-15)16-9-6-13-14-16/h6,9-10H,4-5,7-8H2,1-3H3. The van der Waals surface area contributed by atoms with E-state index in [4.69, 9.17) is 0 Å². The highest BCUT2D eigenvalue weighted by Gasteiger charge is 2.30. The fourth-order valence-electron chi connectivity index (χ4n) is 2.22. The van der Waals surface area contributed by atoms with Crippen molar-refractivity contribution in [2.24, 2.45) is 5.41 Å². The topological polar surface area (TPSA) is 51.0 Å². The summed E-state index contributed by atoms with van der Waals surface area (Å²) in [6.45, 7) is 7.55. The number of nitrogens with zero attached hydrogens (tertiary/aromatic N) is 4. The highest BCUT2D eigenvalue weighted by molar-refractivity contribution is 5.81. The SMILES string of the molecule is CC(C)(C)C(=O)N1CCC(n2ccnn2)CC1. The number of rotatable bonds is 1. The molecule has 94 valence electrons. The van der Waals surface area contributed by atoms with Crippen LogP contribution in [0.1, 0.15) is 39.7 Å². The van der Waals surface area contributed by atoms with Gasteiger partial charge in [-0.25, -0.2) is 4.68 Å². The van der Waals surface area contributed by atoms with E-state index in [1.165, 1.54) is 0 Å². The Kier molecular flexibility index (Phi) is 3.17. The molecule has 2 rings (SSSR count). The number of piperidine rings is 1. The fourth-order valence-corrected chi connectivity index (χ4v) is 2.22. The predicted molar refractivity (Wildman–Crippen MR) is 64.3 cm³/mol. The molecule has 0 saturated carbocycles. The van der Waals surface area contributed by atoms with Gasteiger partial charge >= 0.3 is 0 Å². The van der Waals surface area contributed by atoms with Gasteiger partial charge in [0.05, 0.1) is 12.2 Å². The van der Waals surface area contributed by atoms with E-state index in [0.29, 0.717) is 6.04 Å². The van der Waals surface area contributed by atoms with Crippen LogP contribution in [0.4, 0.5) is 0 Å². The summed E-state index contributed by atoms with van der Waals surface area (Å²) in [6.07, 6.45) is 5.52. The molecule has 1 aromatic rings. The Balaban J connectivity index is 1.93. The number of hydrogen-bond donors (Lipinski definition) is 0. The first-order chi connectivity index (χ1) is 7.98. The van der Waals surface area contributed by atoms with E-state index in [1.54, 1.807) is 6.20 Å². The van der Waals surface area contributed by atoms with Crippen LogP contribution in [0, 0.1) is 5.41 Å². The van der Waals surface area contributed by atoms with Crippen LogP contribution >= 0.6 is 0 Å². The number of hydrogen-bond acceptors (Lipinski definition) is 3. The molecule has 0 bridgehead atoms. The van der Waals surface area contributed by atoms with Crippen molar-refractivity contribution in [3.05, 3.63) is 12.4 Å². The van der Waals surface area contributed by atoms with E-state index in [-0.39, 0.29) is 11.3 Å². The van der Waals surface area contributed by atoms with Crippen molar-refractivity contribution in [2.45, 2.75) is 39.7 Å². The fraction of sp³-hybridized carbons (Fsp3) is 0.750. The van der Waals surface area contributed by atoms with Crippen LogP contribution in [0.2, 0.25) is 0 Å². The zero-order valence-corrected chi connectivity index (χ0v) is 10.8. The van der Waals surface area contributed by atoms with Crippen LogP contribution in [0.5, 0.6) is 0 Å². The molecule has 5 nitrogen and oxygen atoms in total. The largest absolute Gasteiger partial charge is 0.342 e. The lowest BCUT2D eigenvalue weighted by atomic mass is 9.93. The van der Waals surface area contributed by atoms with Crippen molar-refractivity contribution in [3.63, 3.8) is 0 Å². The Morgan fingerprint density at radius 1 is 1.29 bits per heavy atom. The maximum atomic E-state index is 12.1. The van der Waals surface area contributed by atoms with Crippen molar-refractivity contribution in [1.82, 2.24) is 19.9 Å². The highest BCUT2D eigenvalue weighted by Crippen LogP contribution is 2.25. The second-order valence-corrected chi connectivity index (χ2v) is 5.66. The number of carbonyl (C=O) groups excluding carboxylic acids is 1. The molecule has 17 heavy (non-hydrogen) atoms. The molecule has 0 unspecified atom stereocenters. The summed E-state index contributed by atoms with van der Waals surface area (Å²) in [6, 6.07) is 0.390. The minimum absolute atomic E-state index is 0.245. The van der Waals surface area contributed by atoms with Crippen LogP contribution in [0.25, 0.3) is 0 Å². The minimum atomic E-state index is -0.278. The summed E-state index contributed by atoms with van der Waals surface area (Å²) < 4.78 is 1.90. The molecule has 0 aliphatic carbocycles. The number of amides is 1. The van der Waals surface area contributed by atoms with Crippen LogP contribution in [0.15, 0.2) is 12.4 Å². The summed E-state index contributed by atoms with van der Waals surface area (Å²) in [5.74, 6) is 0.245. The molecule has 1 aliphatic heterocycles. The number of carbonyl (C=O) groups is 1. The van der Waals surface area contributed by atoms with E-state index in [9.17, 15) is 4.79 Å². The minimum Gasteiger partial charge on any atom is -0.342 e. The van der Waals surface area contributed by atoms with E-state index in [1.807, 2.05) is 36.5 Å². The van der Waals surface area contributed by atoms with Crippen LogP contribution in [-0.4, -0.2) is 38.9 Å². The zero-order valence-electron chi connectivity index (χ0n) is 10.8. The first-order valence-electron chi connectivity index (χ1n) is 6.13. The Hall–Kier alpha value is -1.39. The normalized spacial score (nSPS) is 18.4. The van der Waals surface area contributed by atoms with E-state index >= 15 is 0 Å². The van der Waals surface area contributed by atoms with Crippen LogP contribution in [-0.2, 0) is 4.79 Å². The lowest BCUT2D eigenvalue weighted by Gasteiger charge is -2.35. The van der Waals surface area contributed by atoms with E-state index in [2.05, 4.69) is 10.3 Å². The monoisotopic (exact) mass is 236 g/mol. The van der Waals surface area contributed by atoms with Crippen molar-refractivity contribution < 1.29 is 4.79 Å². The molecule has 1 saturated heterocycles. The zero-order chi connectivity index (χ0) is 12.5. The third-order valence-corrected chi connectivity index (χ3v) is 3.21. The van der Waals surface area contributed by atoms with Gasteiger partial charge in [0.2, 0.25) is 5.91 Å². The van der Waals surface area contributed by atoms with Gasteiger partial charge in [0.25, 0.3) is 0 Å². The van der Waals surface area contributed by atoms with E-state index in [0.717, 1.165) is 25.9 Å². The molecule has 5 heteroatoms. The Bertz CT molecular complexity index is 372. The molecule has 0 spiro atoms. The lowest BCUT2D eigenvalue weighted by Crippen LogP contribution is -2.44. The average molecular weight is 236 g/mol.